The van der Waals surface area contributed by atoms with Crippen LogP contribution in [0.3, 0.4) is 0 Å². The smallest absolute Gasteiger partial charge is 0.265 e. The summed E-state index contributed by atoms with van der Waals surface area (Å²) < 4.78 is 6.60. The van der Waals surface area contributed by atoms with Gasteiger partial charge in [-0.2, -0.15) is 0 Å². The minimum Gasteiger partial charge on any atom is -0.484 e. The van der Waals surface area contributed by atoms with Crippen molar-refractivity contribution in [2.24, 2.45) is 0 Å². The topological polar surface area (TPSA) is 29.5 Å². The van der Waals surface area contributed by atoms with Crippen LogP contribution in [0.5, 0.6) is 5.75 Å². The summed E-state index contributed by atoms with van der Waals surface area (Å²) >= 11 is 9.30. The van der Waals surface area contributed by atoms with Crippen molar-refractivity contribution >= 4 is 39.1 Å². The molecule has 0 saturated heterocycles. The van der Waals surface area contributed by atoms with Crippen LogP contribution in [0.4, 0.5) is 5.69 Å². The van der Waals surface area contributed by atoms with Crippen LogP contribution in [0.25, 0.3) is 0 Å². The number of rotatable bonds is 3. The minimum absolute atomic E-state index is 0.0154. The summed E-state index contributed by atoms with van der Waals surface area (Å²) in [6.45, 7) is 2.07. The van der Waals surface area contributed by atoms with E-state index in [1.54, 1.807) is 24.3 Å². The molecule has 114 valence electrons. The van der Waals surface area contributed by atoms with Crippen LogP contribution in [0.1, 0.15) is 12.5 Å². The lowest BCUT2D eigenvalue weighted by Gasteiger charge is -2.22. The summed E-state index contributed by atoms with van der Waals surface area (Å²) in [5.41, 5.74) is 2.15. The summed E-state index contributed by atoms with van der Waals surface area (Å²) in [5.74, 6) is 0.601. The molecule has 1 aliphatic rings. The molecule has 2 aromatic carbocycles. The van der Waals surface area contributed by atoms with Crippen molar-refractivity contribution in [1.82, 2.24) is 0 Å². The van der Waals surface area contributed by atoms with Crippen LogP contribution in [0.2, 0.25) is 5.02 Å². The van der Waals surface area contributed by atoms with E-state index in [-0.39, 0.29) is 18.6 Å². The van der Waals surface area contributed by atoms with Gasteiger partial charge in [-0.25, -0.2) is 0 Å². The van der Waals surface area contributed by atoms with Gasteiger partial charge < -0.3 is 9.64 Å². The van der Waals surface area contributed by atoms with Crippen LogP contribution in [-0.2, 0) is 11.2 Å². The Morgan fingerprint density at radius 3 is 2.77 bits per heavy atom. The van der Waals surface area contributed by atoms with E-state index >= 15 is 0 Å². The maximum absolute atomic E-state index is 12.5. The Morgan fingerprint density at radius 1 is 1.32 bits per heavy atom. The second-order valence-electron chi connectivity index (χ2n) is 5.33. The van der Waals surface area contributed by atoms with Crippen LogP contribution >= 0.6 is 27.5 Å². The average Bonchev–Trinajstić information content (AvgIpc) is 2.81. The number of amides is 1. The third-order valence-corrected chi connectivity index (χ3v) is 4.45. The highest BCUT2D eigenvalue weighted by Gasteiger charge is 2.31. The first-order valence-corrected chi connectivity index (χ1v) is 8.20. The van der Waals surface area contributed by atoms with E-state index in [0.29, 0.717) is 10.8 Å². The van der Waals surface area contributed by atoms with Crippen molar-refractivity contribution in [1.29, 1.82) is 0 Å². The first-order valence-electron chi connectivity index (χ1n) is 7.03. The van der Waals surface area contributed by atoms with Gasteiger partial charge >= 0.3 is 0 Å². The zero-order valence-electron chi connectivity index (χ0n) is 12.1. The Labute approximate surface area is 143 Å². The number of carbonyl (C=O) groups excluding carboxylic acids is 1. The van der Waals surface area contributed by atoms with Gasteiger partial charge in [-0.15, -0.1) is 0 Å². The molecule has 2 aromatic rings. The van der Waals surface area contributed by atoms with Gasteiger partial charge in [0.2, 0.25) is 0 Å². The molecular formula is C17H15BrClNO2. The fourth-order valence-corrected chi connectivity index (χ4v) is 3.26. The molecule has 0 fully saturated rings. The molecule has 0 unspecified atom stereocenters. The SMILES string of the molecule is C[C@@H]1Cc2cc(Br)ccc2N1C(=O)COc1ccc(Cl)cc1. The Kier molecular flexibility index (Phi) is 4.41. The maximum Gasteiger partial charge on any atom is 0.265 e. The molecular weight excluding hydrogens is 366 g/mol. The van der Waals surface area contributed by atoms with E-state index in [0.717, 1.165) is 16.6 Å². The molecule has 22 heavy (non-hydrogen) atoms. The quantitative estimate of drug-likeness (QED) is 0.787. The molecule has 1 amide bonds. The van der Waals surface area contributed by atoms with E-state index < -0.39 is 0 Å². The number of halogens is 2. The number of nitrogens with zero attached hydrogens (tertiary/aromatic N) is 1. The highest BCUT2D eigenvalue weighted by atomic mass is 79.9. The largest absolute Gasteiger partial charge is 0.484 e. The maximum atomic E-state index is 12.5. The van der Waals surface area contributed by atoms with Crippen molar-refractivity contribution in [2.75, 3.05) is 11.5 Å². The second-order valence-corrected chi connectivity index (χ2v) is 6.68. The number of hydrogen-bond donors (Lipinski definition) is 0. The fraction of sp³-hybridized carbons (Fsp3) is 0.235. The Balaban J connectivity index is 1.71. The summed E-state index contributed by atoms with van der Waals surface area (Å²) in [7, 11) is 0. The van der Waals surface area contributed by atoms with Gasteiger partial charge in [0.05, 0.1) is 0 Å². The monoisotopic (exact) mass is 379 g/mol. The summed E-state index contributed by atoms with van der Waals surface area (Å²) in [4.78, 5) is 14.3. The number of hydrogen-bond acceptors (Lipinski definition) is 2. The van der Waals surface area contributed by atoms with Gasteiger partial charge in [0.1, 0.15) is 5.75 Å². The van der Waals surface area contributed by atoms with Gasteiger partial charge in [0.15, 0.2) is 6.61 Å². The molecule has 1 heterocycles. The molecule has 0 saturated carbocycles. The average molecular weight is 381 g/mol. The first kappa shape index (κ1) is 15.4. The first-order chi connectivity index (χ1) is 10.5. The number of anilines is 1. The normalized spacial score (nSPS) is 16.5. The second kappa shape index (κ2) is 6.31. The highest BCUT2D eigenvalue weighted by molar-refractivity contribution is 9.10. The molecule has 3 nitrogen and oxygen atoms in total. The number of carbonyl (C=O) groups is 1. The molecule has 3 rings (SSSR count). The molecule has 0 bridgehead atoms. The van der Waals surface area contributed by atoms with Gasteiger partial charge in [0, 0.05) is 21.2 Å². The summed E-state index contributed by atoms with van der Waals surface area (Å²) in [6.07, 6.45) is 0.863. The van der Waals surface area contributed by atoms with E-state index in [1.165, 1.54) is 5.56 Å². The molecule has 1 aliphatic heterocycles. The Hall–Kier alpha value is -1.52. The third-order valence-electron chi connectivity index (χ3n) is 3.70. The molecule has 0 spiro atoms. The fourth-order valence-electron chi connectivity index (χ4n) is 2.73. The molecule has 0 N–H and O–H groups in total. The van der Waals surface area contributed by atoms with Crippen LogP contribution in [0.15, 0.2) is 46.9 Å². The van der Waals surface area contributed by atoms with Crippen LogP contribution < -0.4 is 9.64 Å². The van der Waals surface area contributed by atoms with Crippen molar-refractivity contribution in [2.45, 2.75) is 19.4 Å². The molecule has 1 atom stereocenters. The van der Waals surface area contributed by atoms with Gasteiger partial charge in [0.25, 0.3) is 5.91 Å². The summed E-state index contributed by atoms with van der Waals surface area (Å²) in [6, 6.07) is 13.1. The minimum atomic E-state index is -0.0384. The lowest BCUT2D eigenvalue weighted by atomic mass is 10.1. The van der Waals surface area contributed by atoms with Gasteiger partial charge in [-0.05, 0) is 61.4 Å². The third kappa shape index (κ3) is 3.13. The Bertz CT molecular complexity index is 702. The zero-order valence-corrected chi connectivity index (χ0v) is 14.4. The molecule has 0 aliphatic carbocycles. The number of ether oxygens (including phenoxy) is 1. The van der Waals surface area contributed by atoms with E-state index in [4.69, 9.17) is 16.3 Å². The van der Waals surface area contributed by atoms with Gasteiger partial charge in [-0.1, -0.05) is 27.5 Å². The van der Waals surface area contributed by atoms with E-state index in [2.05, 4.69) is 22.0 Å². The van der Waals surface area contributed by atoms with Crippen LogP contribution in [0, 0.1) is 0 Å². The van der Waals surface area contributed by atoms with Crippen LogP contribution in [-0.4, -0.2) is 18.6 Å². The predicted molar refractivity (Wildman–Crippen MR) is 91.7 cm³/mol. The van der Waals surface area contributed by atoms with Gasteiger partial charge in [-0.3, -0.25) is 4.79 Å². The highest BCUT2D eigenvalue weighted by Crippen LogP contribution is 2.34. The zero-order chi connectivity index (χ0) is 15.7. The number of fused-ring (bicyclic) bond motifs is 1. The Morgan fingerprint density at radius 2 is 2.05 bits per heavy atom. The standard InChI is InChI=1S/C17H15BrClNO2/c1-11-8-12-9-13(18)2-7-16(12)20(11)17(21)10-22-15-5-3-14(19)4-6-15/h2-7,9,11H,8,10H2,1H3/t11-/m1/s1. The van der Waals surface area contributed by atoms with E-state index in [1.807, 2.05) is 24.0 Å². The molecule has 5 heteroatoms. The van der Waals surface area contributed by atoms with Crippen molar-refractivity contribution in [3.05, 3.63) is 57.5 Å². The predicted octanol–water partition coefficient (Wildman–Crippen LogP) is 4.46. The lowest BCUT2D eigenvalue weighted by Crippen LogP contribution is -2.39. The van der Waals surface area contributed by atoms with Crippen molar-refractivity contribution in [3.8, 4) is 5.75 Å². The van der Waals surface area contributed by atoms with Crippen molar-refractivity contribution < 1.29 is 9.53 Å². The summed E-state index contributed by atoms with van der Waals surface area (Å²) in [5, 5.41) is 0.645. The molecule has 0 radical (unpaired) electrons. The lowest BCUT2D eigenvalue weighted by molar-refractivity contribution is -0.120. The van der Waals surface area contributed by atoms with E-state index in [9.17, 15) is 4.79 Å². The number of benzene rings is 2. The molecule has 0 aromatic heterocycles. The van der Waals surface area contributed by atoms with Crippen molar-refractivity contribution in [3.63, 3.8) is 0 Å².